The fraction of sp³-hybridized carbons (Fsp3) is 0.136. The van der Waals surface area contributed by atoms with Gasteiger partial charge < -0.3 is 9.73 Å². The number of oxazole rings is 1. The summed E-state index contributed by atoms with van der Waals surface area (Å²) in [4.78, 5) is 21.1. The Hall–Kier alpha value is -3.47. The van der Waals surface area contributed by atoms with Crippen molar-refractivity contribution in [1.82, 2.24) is 9.97 Å². The van der Waals surface area contributed by atoms with Gasteiger partial charge in [-0.15, -0.1) is 0 Å². The molecule has 0 saturated carbocycles. The van der Waals surface area contributed by atoms with E-state index >= 15 is 0 Å². The summed E-state index contributed by atoms with van der Waals surface area (Å²) in [7, 11) is 0. The SMILES string of the molecule is Cc1cc(C)c2oc(-c3ccc(C)c(NC(=O)c4cccnc4)c3)nc2c1. The maximum absolute atomic E-state index is 12.4. The molecule has 2 aromatic carbocycles. The third-order valence-electron chi connectivity index (χ3n) is 4.48. The van der Waals surface area contributed by atoms with Crippen molar-refractivity contribution < 1.29 is 9.21 Å². The number of fused-ring (bicyclic) bond motifs is 1. The van der Waals surface area contributed by atoms with Crippen molar-refractivity contribution in [1.29, 1.82) is 0 Å². The molecule has 0 aliphatic carbocycles. The third kappa shape index (κ3) is 3.31. The largest absolute Gasteiger partial charge is 0.436 e. The highest BCUT2D eigenvalue weighted by molar-refractivity contribution is 6.04. The van der Waals surface area contributed by atoms with Gasteiger partial charge in [0, 0.05) is 23.6 Å². The van der Waals surface area contributed by atoms with E-state index in [0.717, 1.165) is 39.0 Å². The molecule has 1 amide bonds. The predicted octanol–water partition coefficient (Wildman–Crippen LogP) is 5.07. The minimum absolute atomic E-state index is 0.201. The number of amides is 1. The molecule has 2 aromatic heterocycles. The number of pyridine rings is 1. The lowest BCUT2D eigenvalue weighted by Gasteiger charge is -2.09. The Bertz CT molecular complexity index is 1150. The van der Waals surface area contributed by atoms with Crippen molar-refractivity contribution in [2.45, 2.75) is 20.8 Å². The molecule has 0 unspecified atom stereocenters. The molecule has 0 aliphatic rings. The lowest BCUT2D eigenvalue weighted by Crippen LogP contribution is -2.13. The van der Waals surface area contributed by atoms with Crippen molar-refractivity contribution in [2.24, 2.45) is 0 Å². The third-order valence-corrected chi connectivity index (χ3v) is 4.48. The van der Waals surface area contributed by atoms with Gasteiger partial charge in [0.05, 0.1) is 5.56 Å². The zero-order valence-electron chi connectivity index (χ0n) is 15.4. The zero-order chi connectivity index (χ0) is 19.0. The van der Waals surface area contributed by atoms with Crippen LogP contribution >= 0.6 is 0 Å². The molecule has 0 atom stereocenters. The normalized spacial score (nSPS) is 10.9. The zero-order valence-corrected chi connectivity index (χ0v) is 15.4. The average molecular weight is 357 g/mol. The first-order chi connectivity index (χ1) is 13.0. The number of nitrogens with one attached hydrogen (secondary N) is 1. The van der Waals surface area contributed by atoms with Gasteiger partial charge in [-0.3, -0.25) is 9.78 Å². The maximum atomic E-state index is 12.4. The number of aromatic nitrogens is 2. The molecule has 4 aromatic rings. The van der Waals surface area contributed by atoms with Crippen LogP contribution in [0.3, 0.4) is 0 Å². The maximum Gasteiger partial charge on any atom is 0.257 e. The quantitative estimate of drug-likeness (QED) is 0.556. The van der Waals surface area contributed by atoms with E-state index in [0.29, 0.717) is 11.5 Å². The molecule has 4 rings (SSSR count). The Labute approximate surface area is 157 Å². The number of benzene rings is 2. The van der Waals surface area contributed by atoms with Gasteiger partial charge in [-0.05, 0) is 67.8 Å². The van der Waals surface area contributed by atoms with Crippen LogP contribution in [0.5, 0.6) is 0 Å². The van der Waals surface area contributed by atoms with Crippen LogP contribution in [0.2, 0.25) is 0 Å². The van der Waals surface area contributed by atoms with Crippen LogP contribution in [0.15, 0.2) is 59.3 Å². The average Bonchev–Trinajstić information content (AvgIpc) is 3.08. The van der Waals surface area contributed by atoms with E-state index in [4.69, 9.17) is 4.42 Å². The van der Waals surface area contributed by atoms with E-state index in [-0.39, 0.29) is 5.91 Å². The number of hydrogen-bond donors (Lipinski definition) is 1. The molecule has 0 fully saturated rings. The van der Waals surface area contributed by atoms with Crippen molar-refractivity contribution in [3.8, 4) is 11.5 Å². The van der Waals surface area contributed by atoms with E-state index < -0.39 is 0 Å². The first kappa shape index (κ1) is 17.0. The van der Waals surface area contributed by atoms with Gasteiger partial charge >= 0.3 is 0 Å². The molecule has 0 spiro atoms. The predicted molar refractivity (Wildman–Crippen MR) is 106 cm³/mol. The summed E-state index contributed by atoms with van der Waals surface area (Å²) >= 11 is 0. The summed E-state index contributed by atoms with van der Waals surface area (Å²) in [6.07, 6.45) is 3.18. The minimum atomic E-state index is -0.201. The number of anilines is 1. The monoisotopic (exact) mass is 357 g/mol. The van der Waals surface area contributed by atoms with Crippen molar-refractivity contribution in [2.75, 3.05) is 5.32 Å². The van der Waals surface area contributed by atoms with E-state index in [1.165, 1.54) is 0 Å². The van der Waals surface area contributed by atoms with Crippen molar-refractivity contribution in [3.05, 3.63) is 77.1 Å². The number of rotatable bonds is 3. The van der Waals surface area contributed by atoms with E-state index in [2.05, 4.69) is 21.4 Å². The fourth-order valence-electron chi connectivity index (χ4n) is 3.08. The number of carbonyl (C=O) groups excluding carboxylic acids is 1. The van der Waals surface area contributed by atoms with Crippen LogP contribution in [0.1, 0.15) is 27.0 Å². The molecule has 0 radical (unpaired) electrons. The first-order valence-electron chi connectivity index (χ1n) is 8.71. The minimum Gasteiger partial charge on any atom is -0.436 e. The Kier molecular flexibility index (Phi) is 4.20. The molecule has 5 heteroatoms. The second-order valence-corrected chi connectivity index (χ2v) is 6.67. The smallest absolute Gasteiger partial charge is 0.257 e. The van der Waals surface area contributed by atoms with Gasteiger partial charge in [0.25, 0.3) is 5.91 Å². The highest BCUT2D eigenvalue weighted by atomic mass is 16.3. The molecule has 0 saturated heterocycles. The number of aryl methyl sites for hydroxylation is 3. The topological polar surface area (TPSA) is 68.0 Å². The highest BCUT2D eigenvalue weighted by Gasteiger charge is 2.13. The molecular weight excluding hydrogens is 338 g/mol. The fourth-order valence-corrected chi connectivity index (χ4v) is 3.08. The van der Waals surface area contributed by atoms with Crippen LogP contribution < -0.4 is 5.32 Å². The van der Waals surface area contributed by atoms with E-state index in [9.17, 15) is 4.79 Å². The van der Waals surface area contributed by atoms with Crippen LogP contribution in [-0.4, -0.2) is 15.9 Å². The lowest BCUT2D eigenvalue weighted by atomic mass is 10.1. The molecule has 0 aliphatic heterocycles. The van der Waals surface area contributed by atoms with Crippen LogP contribution in [-0.2, 0) is 0 Å². The summed E-state index contributed by atoms with van der Waals surface area (Å²) in [5.74, 6) is 0.336. The van der Waals surface area contributed by atoms with Gasteiger partial charge in [0.2, 0.25) is 5.89 Å². The summed E-state index contributed by atoms with van der Waals surface area (Å²) in [5, 5.41) is 2.94. The van der Waals surface area contributed by atoms with Crippen LogP contribution in [0.4, 0.5) is 5.69 Å². The van der Waals surface area contributed by atoms with E-state index in [1.54, 1.807) is 24.5 Å². The number of hydrogen-bond acceptors (Lipinski definition) is 4. The summed E-state index contributed by atoms with van der Waals surface area (Å²) in [6.45, 7) is 6.00. The molecule has 5 nitrogen and oxygen atoms in total. The van der Waals surface area contributed by atoms with E-state index in [1.807, 2.05) is 45.0 Å². The summed E-state index contributed by atoms with van der Waals surface area (Å²) in [5.41, 5.74) is 6.83. The Morgan fingerprint density at radius 3 is 2.67 bits per heavy atom. The van der Waals surface area contributed by atoms with Gasteiger partial charge in [-0.1, -0.05) is 12.1 Å². The second kappa shape index (κ2) is 6.68. The van der Waals surface area contributed by atoms with Gasteiger partial charge in [0.15, 0.2) is 5.58 Å². The Balaban J connectivity index is 1.70. The van der Waals surface area contributed by atoms with Gasteiger partial charge in [-0.25, -0.2) is 4.98 Å². The molecule has 2 heterocycles. The van der Waals surface area contributed by atoms with Gasteiger partial charge in [0.1, 0.15) is 5.52 Å². The van der Waals surface area contributed by atoms with Crippen molar-refractivity contribution >= 4 is 22.7 Å². The number of nitrogens with zero attached hydrogens (tertiary/aromatic N) is 2. The first-order valence-corrected chi connectivity index (χ1v) is 8.71. The molecule has 0 bridgehead atoms. The molecule has 1 N–H and O–H groups in total. The molecule has 27 heavy (non-hydrogen) atoms. The Morgan fingerprint density at radius 2 is 1.89 bits per heavy atom. The standard InChI is InChI=1S/C22H19N3O2/c1-13-9-15(3)20-19(10-13)25-22(27-20)16-7-6-14(2)18(11-16)24-21(26)17-5-4-8-23-12-17/h4-12H,1-3H3,(H,24,26). The second-order valence-electron chi connectivity index (χ2n) is 6.67. The molecular formula is C22H19N3O2. The van der Waals surface area contributed by atoms with Gasteiger partial charge in [-0.2, -0.15) is 0 Å². The highest BCUT2D eigenvalue weighted by Crippen LogP contribution is 2.30. The van der Waals surface area contributed by atoms with Crippen LogP contribution in [0.25, 0.3) is 22.6 Å². The number of carbonyl (C=O) groups is 1. The summed E-state index contributed by atoms with van der Waals surface area (Å²) in [6, 6.07) is 13.3. The Morgan fingerprint density at radius 1 is 1.04 bits per heavy atom. The lowest BCUT2D eigenvalue weighted by molar-refractivity contribution is 0.102. The molecule has 134 valence electrons. The summed E-state index contributed by atoms with van der Waals surface area (Å²) < 4.78 is 5.99. The van der Waals surface area contributed by atoms with Crippen LogP contribution in [0, 0.1) is 20.8 Å². The van der Waals surface area contributed by atoms with Crippen molar-refractivity contribution in [3.63, 3.8) is 0 Å².